The van der Waals surface area contributed by atoms with Gasteiger partial charge in [0, 0.05) is 34.9 Å². The molecule has 0 unspecified atom stereocenters. The van der Waals surface area contributed by atoms with Gasteiger partial charge in [0.1, 0.15) is 0 Å². The van der Waals surface area contributed by atoms with E-state index in [4.69, 9.17) is 39.9 Å². The van der Waals surface area contributed by atoms with E-state index < -0.39 is 0 Å². The van der Waals surface area contributed by atoms with Crippen LogP contribution in [0.5, 0.6) is 0 Å². The molecule has 0 bridgehead atoms. The summed E-state index contributed by atoms with van der Waals surface area (Å²) < 4.78 is 0. The van der Waals surface area contributed by atoms with Crippen molar-refractivity contribution in [1.82, 2.24) is 0 Å². The lowest BCUT2D eigenvalue weighted by molar-refractivity contribution is 0.806. The lowest BCUT2D eigenvalue weighted by Crippen LogP contribution is -2.20. The van der Waals surface area contributed by atoms with Gasteiger partial charge < -0.3 is 5.32 Å². The van der Waals surface area contributed by atoms with Crippen LogP contribution in [0.1, 0.15) is 25.8 Å². The summed E-state index contributed by atoms with van der Waals surface area (Å²) in [6.07, 6.45) is 0.935. The average molecular weight is 385 g/mol. The van der Waals surface area contributed by atoms with Gasteiger partial charge in [-0.25, -0.2) is 0 Å². The molecule has 0 aliphatic heterocycles. The molecule has 0 radical (unpaired) electrons. The number of hydrazone groups is 1. The summed E-state index contributed by atoms with van der Waals surface area (Å²) in [5.74, 6) is 0. The SMILES string of the molecule is CCCN(/N=C(\C)c1cc(Cl)ccc1NC)c1ccc(Cl)cc1Cl. The summed E-state index contributed by atoms with van der Waals surface area (Å²) in [7, 11) is 1.87. The number of halogens is 3. The normalized spacial score (nSPS) is 11.5. The Bertz CT molecular complexity index is 744. The van der Waals surface area contributed by atoms with Gasteiger partial charge in [-0.3, -0.25) is 5.01 Å². The first-order valence-electron chi connectivity index (χ1n) is 7.71. The van der Waals surface area contributed by atoms with E-state index >= 15 is 0 Å². The maximum atomic E-state index is 6.34. The van der Waals surface area contributed by atoms with E-state index in [1.807, 2.05) is 49.3 Å². The van der Waals surface area contributed by atoms with Gasteiger partial charge in [0.2, 0.25) is 0 Å². The first-order chi connectivity index (χ1) is 11.5. The van der Waals surface area contributed by atoms with Crippen LogP contribution in [0.3, 0.4) is 0 Å². The summed E-state index contributed by atoms with van der Waals surface area (Å²) in [4.78, 5) is 0. The smallest absolute Gasteiger partial charge is 0.0781 e. The van der Waals surface area contributed by atoms with Crippen molar-refractivity contribution in [2.45, 2.75) is 20.3 Å². The zero-order valence-electron chi connectivity index (χ0n) is 13.9. The fraction of sp³-hybridized carbons (Fsp3) is 0.278. The summed E-state index contributed by atoms with van der Waals surface area (Å²) >= 11 is 18.5. The average Bonchev–Trinajstić information content (AvgIpc) is 2.54. The van der Waals surface area contributed by atoms with Gasteiger partial charge in [0.05, 0.1) is 16.4 Å². The summed E-state index contributed by atoms with van der Waals surface area (Å²) in [5.41, 5.74) is 3.60. The minimum atomic E-state index is 0.576. The fourth-order valence-electron chi connectivity index (χ4n) is 2.40. The molecule has 2 rings (SSSR count). The Kier molecular flexibility index (Phi) is 6.79. The van der Waals surface area contributed by atoms with Crippen LogP contribution in [0.4, 0.5) is 11.4 Å². The van der Waals surface area contributed by atoms with Gasteiger partial charge >= 0.3 is 0 Å². The minimum absolute atomic E-state index is 0.576. The molecule has 0 aromatic heterocycles. The van der Waals surface area contributed by atoms with Gasteiger partial charge in [-0.05, 0) is 49.7 Å². The quantitative estimate of drug-likeness (QED) is 0.465. The molecular formula is C18H20Cl3N3. The molecule has 0 amide bonds. The predicted octanol–water partition coefficient (Wildman–Crippen LogP) is 6.33. The largest absolute Gasteiger partial charge is 0.388 e. The molecule has 0 fully saturated rings. The first-order valence-corrected chi connectivity index (χ1v) is 8.85. The van der Waals surface area contributed by atoms with Crippen LogP contribution in [0, 0.1) is 0 Å². The molecule has 0 spiro atoms. The minimum Gasteiger partial charge on any atom is -0.388 e. The standard InChI is InChI=1S/C18H20Cl3N3/c1-4-9-24(18-8-6-14(20)11-16(18)21)23-12(2)15-10-13(19)5-7-17(15)22-3/h5-8,10-11,22H,4,9H2,1-3H3/b23-12+. The Balaban J connectivity index is 2.45. The Hall–Kier alpha value is -1.42. The first kappa shape index (κ1) is 18.9. The van der Waals surface area contributed by atoms with Gasteiger partial charge in [-0.15, -0.1) is 0 Å². The molecule has 128 valence electrons. The van der Waals surface area contributed by atoms with E-state index in [-0.39, 0.29) is 0 Å². The maximum absolute atomic E-state index is 6.34. The number of nitrogens with zero attached hydrogens (tertiary/aromatic N) is 2. The molecule has 24 heavy (non-hydrogen) atoms. The summed E-state index contributed by atoms with van der Waals surface area (Å²) in [5, 5.41) is 11.7. The van der Waals surface area contributed by atoms with Crippen LogP contribution in [0.15, 0.2) is 41.5 Å². The highest BCUT2D eigenvalue weighted by molar-refractivity contribution is 6.36. The number of hydrogen-bond acceptors (Lipinski definition) is 3. The van der Waals surface area contributed by atoms with E-state index in [9.17, 15) is 0 Å². The molecule has 2 aromatic rings. The molecule has 2 aromatic carbocycles. The molecule has 6 heteroatoms. The zero-order chi connectivity index (χ0) is 17.7. The molecule has 0 aliphatic carbocycles. The van der Waals surface area contributed by atoms with Crippen molar-refractivity contribution < 1.29 is 0 Å². The van der Waals surface area contributed by atoms with Crippen LogP contribution in [-0.4, -0.2) is 19.3 Å². The zero-order valence-corrected chi connectivity index (χ0v) is 16.2. The van der Waals surface area contributed by atoms with Crippen LogP contribution in [0.25, 0.3) is 0 Å². The van der Waals surface area contributed by atoms with Crippen molar-refractivity contribution in [3.8, 4) is 0 Å². The monoisotopic (exact) mass is 383 g/mol. The van der Waals surface area contributed by atoms with E-state index in [1.165, 1.54) is 0 Å². The highest BCUT2D eigenvalue weighted by atomic mass is 35.5. The Morgan fingerprint density at radius 2 is 1.75 bits per heavy atom. The van der Waals surface area contributed by atoms with Crippen molar-refractivity contribution in [3.63, 3.8) is 0 Å². The third kappa shape index (κ3) is 4.56. The third-order valence-electron chi connectivity index (χ3n) is 3.53. The predicted molar refractivity (Wildman–Crippen MR) is 107 cm³/mol. The summed E-state index contributed by atoms with van der Waals surface area (Å²) in [6.45, 7) is 4.80. The van der Waals surface area contributed by atoms with Gasteiger partial charge in [-0.2, -0.15) is 5.10 Å². The number of anilines is 2. The van der Waals surface area contributed by atoms with Gasteiger partial charge in [0.25, 0.3) is 0 Å². The number of hydrogen-bond donors (Lipinski definition) is 1. The highest BCUT2D eigenvalue weighted by Crippen LogP contribution is 2.30. The van der Waals surface area contributed by atoms with Crippen molar-refractivity contribution in [1.29, 1.82) is 0 Å². The van der Waals surface area contributed by atoms with E-state index in [2.05, 4.69) is 12.2 Å². The Morgan fingerprint density at radius 3 is 2.38 bits per heavy atom. The molecule has 0 aliphatic rings. The van der Waals surface area contributed by atoms with E-state index in [1.54, 1.807) is 6.07 Å². The second kappa shape index (κ2) is 8.61. The molecule has 3 nitrogen and oxygen atoms in total. The third-order valence-corrected chi connectivity index (χ3v) is 4.31. The lowest BCUT2D eigenvalue weighted by atomic mass is 10.1. The Morgan fingerprint density at radius 1 is 1.08 bits per heavy atom. The highest BCUT2D eigenvalue weighted by Gasteiger charge is 2.12. The van der Waals surface area contributed by atoms with Crippen LogP contribution in [-0.2, 0) is 0 Å². The molecule has 0 heterocycles. The van der Waals surface area contributed by atoms with Crippen molar-refractivity contribution in [3.05, 3.63) is 57.0 Å². The fourth-order valence-corrected chi connectivity index (χ4v) is 3.07. The molecule has 0 saturated carbocycles. The number of benzene rings is 2. The number of rotatable bonds is 6. The van der Waals surface area contributed by atoms with Crippen LogP contribution < -0.4 is 10.3 Å². The van der Waals surface area contributed by atoms with Crippen molar-refractivity contribution in [2.75, 3.05) is 23.9 Å². The number of nitrogens with one attached hydrogen (secondary N) is 1. The van der Waals surface area contributed by atoms with E-state index in [0.717, 1.165) is 35.6 Å². The van der Waals surface area contributed by atoms with Crippen LogP contribution in [0.2, 0.25) is 15.1 Å². The molecule has 1 N–H and O–H groups in total. The van der Waals surface area contributed by atoms with Crippen molar-refractivity contribution >= 4 is 51.9 Å². The second-order valence-electron chi connectivity index (χ2n) is 5.34. The molecule has 0 atom stereocenters. The van der Waals surface area contributed by atoms with Crippen LogP contribution >= 0.6 is 34.8 Å². The molecule has 0 saturated heterocycles. The van der Waals surface area contributed by atoms with Gasteiger partial charge in [-0.1, -0.05) is 41.7 Å². The molecular weight excluding hydrogens is 365 g/mol. The maximum Gasteiger partial charge on any atom is 0.0781 e. The summed E-state index contributed by atoms with van der Waals surface area (Å²) in [6, 6.07) is 11.1. The lowest BCUT2D eigenvalue weighted by Gasteiger charge is -2.21. The second-order valence-corrected chi connectivity index (χ2v) is 6.62. The Labute approximate surface area is 158 Å². The topological polar surface area (TPSA) is 27.6 Å². The van der Waals surface area contributed by atoms with Gasteiger partial charge in [0.15, 0.2) is 0 Å². The van der Waals surface area contributed by atoms with E-state index in [0.29, 0.717) is 15.1 Å². The van der Waals surface area contributed by atoms with Crippen molar-refractivity contribution in [2.24, 2.45) is 5.10 Å².